The average molecular weight is 326 g/mol. The summed E-state index contributed by atoms with van der Waals surface area (Å²) in [6.07, 6.45) is 0.840. The second-order valence-electron chi connectivity index (χ2n) is 5.51. The van der Waals surface area contributed by atoms with E-state index < -0.39 is 10.0 Å². The minimum atomic E-state index is -3.54. The lowest BCUT2D eigenvalue weighted by Crippen LogP contribution is -2.45. The molecule has 0 amide bonds. The number of hydrogen-bond acceptors (Lipinski definition) is 5. The van der Waals surface area contributed by atoms with Crippen molar-refractivity contribution in [3.05, 3.63) is 18.2 Å². The number of benzene rings is 1. The molecule has 1 aromatic carbocycles. The zero-order valence-electron chi connectivity index (χ0n) is 11.8. The third-order valence-corrected chi connectivity index (χ3v) is 6.69. The first-order valence-corrected chi connectivity index (χ1v) is 9.12. The summed E-state index contributed by atoms with van der Waals surface area (Å²) in [5.74, 6) is 0.666. The maximum Gasteiger partial charge on any atom is 0.245 e. The number of fused-ring (bicyclic) bond motifs is 1. The summed E-state index contributed by atoms with van der Waals surface area (Å²) in [7, 11) is -3.54. The lowest BCUT2D eigenvalue weighted by molar-refractivity contribution is 0.203. The zero-order chi connectivity index (χ0) is 15.0. The van der Waals surface area contributed by atoms with Gasteiger partial charge in [-0.3, -0.25) is 0 Å². The molecule has 114 valence electrons. The molecule has 2 unspecified atom stereocenters. The molecule has 21 heavy (non-hydrogen) atoms. The molecule has 0 radical (unpaired) electrons. The molecular weight excluding hydrogens is 308 g/mol. The molecule has 0 saturated carbocycles. The van der Waals surface area contributed by atoms with Crippen LogP contribution < -0.4 is 5.73 Å². The highest BCUT2D eigenvalue weighted by Crippen LogP contribution is 2.39. The van der Waals surface area contributed by atoms with E-state index in [0.717, 1.165) is 17.8 Å². The van der Waals surface area contributed by atoms with Crippen LogP contribution in [0.15, 0.2) is 31.8 Å². The van der Waals surface area contributed by atoms with Gasteiger partial charge in [0.1, 0.15) is 16.3 Å². The van der Waals surface area contributed by atoms with E-state index in [2.05, 4.69) is 15.6 Å². The van der Waals surface area contributed by atoms with Crippen molar-refractivity contribution in [1.82, 2.24) is 4.31 Å². The zero-order valence-corrected chi connectivity index (χ0v) is 13.4. The minimum Gasteiger partial charge on any atom is -0.330 e. The van der Waals surface area contributed by atoms with E-state index in [-0.39, 0.29) is 10.8 Å². The van der Waals surface area contributed by atoms with Crippen molar-refractivity contribution in [1.29, 1.82) is 0 Å². The molecule has 2 heterocycles. The van der Waals surface area contributed by atoms with Gasteiger partial charge < -0.3 is 5.73 Å². The first-order valence-electron chi connectivity index (χ1n) is 6.95. The van der Waals surface area contributed by atoms with Gasteiger partial charge in [0, 0.05) is 13.1 Å². The summed E-state index contributed by atoms with van der Waals surface area (Å²) < 4.78 is 35.6. The molecular formula is C13H18N4O2S2. The Morgan fingerprint density at radius 1 is 1.43 bits per heavy atom. The molecule has 0 aromatic heterocycles. The standard InChI is InChI=1S/C13H18N4O2S2/c1-9-5-6-17(8-10(9)7-14)21(18,19)12-4-2-3-11-13(12)16-20-15-11/h2-4,9-10H,5-8,14H2,1H3. The van der Waals surface area contributed by atoms with Crippen LogP contribution in [0.4, 0.5) is 11.4 Å². The van der Waals surface area contributed by atoms with Gasteiger partial charge in [-0.15, -0.1) is 0 Å². The fourth-order valence-corrected chi connectivity index (χ4v) is 5.03. The number of nitrogens with two attached hydrogens (primary N) is 1. The van der Waals surface area contributed by atoms with Crippen LogP contribution >= 0.6 is 0 Å². The molecule has 0 bridgehead atoms. The maximum atomic E-state index is 12.9. The monoisotopic (exact) mass is 326 g/mol. The van der Waals surface area contributed by atoms with E-state index in [1.165, 1.54) is 0 Å². The predicted octanol–water partition coefficient (Wildman–Crippen LogP) is 2.02. The topological polar surface area (TPSA) is 88.1 Å². The first-order chi connectivity index (χ1) is 10.0. The Kier molecular flexibility index (Phi) is 3.96. The lowest BCUT2D eigenvalue weighted by atomic mass is 9.88. The van der Waals surface area contributed by atoms with Gasteiger partial charge in [-0.2, -0.15) is 13.0 Å². The van der Waals surface area contributed by atoms with E-state index in [1.807, 2.05) is 0 Å². The Bertz CT molecular complexity index is 726. The van der Waals surface area contributed by atoms with Crippen LogP contribution in [0.2, 0.25) is 0 Å². The van der Waals surface area contributed by atoms with Crippen LogP contribution in [0.3, 0.4) is 0 Å². The number of nitrogens with zero attached hydrogens (tertiary/aromatic N) is 3. The van der Waals surface area contributed by atoms with Crippen molar-refractivity contribution < 1.29 is 8.42 Å². The van der Waals surface area contributed by atoms with E-state index in [4.69, 9.17) is 5.73 Å². The third kappa shape index (κ3) is 2.57. The molecule has 1 aromatic rings. The number of hydrogen-bond donors (Lipinski definition) is 1. The summed E-state index contributed by atoms with van der Waals surface area (Å²) in [4.78, 5) is 0.249. The van der Waals surface area contributed by atoms with Crippen LogP contribution in [0.1, 0.15) is 13.3 Å². The van der Waals surface area contributed by atoms with Crippen molar-refractivity contribution in [3.63, 3.8) is 0 Å². The van der Waals surface area contributed by atoms with Crippen LogP contribution in [-0.4, -0.2) is 32.4 Å². The number of rotatable bonds is 3. The second kappa shape index (κ2) is 5.60. The number of piperidine rings is 1. The average Bonchev–Trinajstić information content (AvgIpc) is 2.95. The smallest absolute Gasteiger partial charge is 0.245 e. The summed E-state index contributed by atoms with van der Waals surface area (Å²) >= 11 is 1.03. The van der Waals surface area contributed by atoms with Crippen molar-refractivity contribution in [2.24, 2.45) is 26.3 Å². The predicted molar refractivity (Wildman–Crippen MR) is 83.1 cm³/mol. The van der Waals surface area contributed by atoms with Crippen LogP contribution in [0.5, 0.6) is 0 Å². The molecule has 0 aliphatic carbocycles. The Labute approximate surface area is 128 Å². The molecule has 8 heteroatoms. The van der Waals surface area contributed by atoms with Gasteiger partial charge in [-0.1, -0.05) is 13.0 Å². The SMILES string of the molecule is CC1CCN(S(=O)(=O)c2cccc3c2N=S=N3)CC1CN. The summed E-state index contributed by atoms with van der Waals surface area (Å²) in [6.45, 7) is 3.66. The Morgan fingerprint density at radius 2 is 2.24 bits per heavy atom. The molecule has 3 rings (SSSR count). The van der Waals surface area contributed by atoms with E-state index in [1.54, 1.807) is 22.5 Å². The highest BCUT2D eigenvalue weighted by Gasteiger charge is 2.35. The highest BCUT2D eigenvalue weighted by atomic mass is 32.2. The van der Waals surface area contributed by atoms with Crippen molar-refractivity contribution in [2.75, 3.05) is 19.6 Å². The van der Waals surface area contributed by atoms with Crippen molar-refractivity contribution in [2.45, 2.75) is 18.2 Å². The van der Waals surface area contributed by atoms with Crippen LogP contribution in [0, 0.1) is 11.8 Å². The molecule has 0 spiro atoms. The van der Waals surface area contributed by atoms with E-state index >= 15 is 0 Å². The fourth-order valence-electron chi connectivity index (χ4n) is 2.77. The second-order valence-corrected chi connectivity index (χ2v) is 7.95. The van der Waals surface area contributed by atoms with E-state index in [9.17, 15) is 8.42 Å². The first kappa shape index (κ1) is 14.8. The molecule has 2 N–H and O–H groups in total. The summed E-state index contributed by atoms with van der Waals surface area (Å²) in [5.41, 5.74) is 6.86. The Morgan fingerprint density at radius 3 is 3.00 bits per heavy atom. The van der Waals surface area contributed by atoms with Gasteiger partial charge in [0.25, 0.3) is 0 Å². The highest BCUT2D eigenvalue weighted by molar-refractivity contribution is 7.89. The minimum absolute atomic E-state index is 0.210. The third-order valence-electron chi connectivity index (χ3n) is 4.25. The Balaban J connectivity index is 1.95. The molecule has 1 saturated heterocycles. The van der Waals surface area contributed by atoms with Gasteiger partial charge in [0.2, 0.25) is 10.0 Å². The summed E-state index contributed by atoms with van der Waals surface area (Å²) in [5, 5.41) is 0. The normalized spacial score (nSPS) is 25.6. The molecule has 6 nitrogen and oxygen atoms in total. The van der Waals surface area contributed by atoms with Crippen LogP contribution in [0.25, 0.3) is 0 Å². The quantitative estimate of drug-likeness (QED) is 0.936. The van der Waals surface area contributed by atoms with Gasteiger partial charge in [0.05, 0.1) is 11.4 Å². The fraction of sp³-hybridized carbons (Fsp3) is 0.538. The largest absolute Gasteiger partial charge is 0.330 e. The van der Waals surface area contributed by atoms with Gasteiger partial charge in [-0.25, -0.2) is 8.42 Å². The molecule has 1 fully saturated rings. The van der Waals surface area contributed by atoms with Crippen molar-refractivity contribution in [3.8, 4) is 0 Å². The van der Waals surface area contributed by atoms with Gasteiger partial charge in [0.15, 0.2) is 0 Å². The maximum absolute atomic E-state index is 12.9. The lowest BCUT2D eigenvalue weighted by Gasteiger charge is -2.35. The molecule has 2 aliphatic rings. The van der Waals surface area contributed by atoms with Gasteiger partial charge in [-0.05, 0) is 36.9 Å². The summed E-state index contributed by atoms with van der Waals surface area (Å²) in [6, 6.07) is 5.09. The molecule has 2 aliphatic heterocycles. The molecule has 2 atom stereocenters. The van der Waals surface area contributed by atoms with E-state index in [0.29, 0.717) is 36.9 Å². The van der Waals surface area contributed by atoms with Crippen LogP contribution in [-0.2, 0) is 21.4 Å². The number of sulfonamides is 1. The van der Waals surface area contributed by atoms with Crippen molar-refractivity contribution >= 4 is 32.8 Å². The Hall–Kier alpha value is -1.09. The van der Waals surface area contributed by atoms with Gasteiger partial charge >= 0.3 is 0 Å².